The molecule has 1 aromatic carbocycles. The van der Waals surface area contributed by atoms with Crippen LogP contribution < -0.4 is 5.32 Å². The van der Waals surface area contributed by atoms with Crippen LogP contribution in [0.5, 0.6) is 0 Å². The van der Waals surface area contributed by atoms with Crippen molar-refractivity contribution in [3.8, 4) is 0 Å². The second kappa shape index (κ2) is 7.75. The van der Waals surface area contributed by atoms with Gasteiger partial charge in [-0.3, -0.25) is 9.59 Å². The quantitative estimate of drug-likeness (QED) is 0.879. The highest BCUT2D eigenvalue weighted by Crippen LogP contribution is 2.35. The molecule has 2 aliphatic rings. The molecule has 1 saturated heterocycles. The van der Waals surface area contributed by atoms with Gasteiger partial charge < -0.3 is 10.2 Å². The minimum atomic E-state index is -0.306. The normalized spacial score (nSPS) is 23.5. The number of hydrogen-bond acceptors (Lipinski definition) is 2. The fraction of sp³-hybridized carbons (Fsp3) is 0.556. The molecule has 1 aliphatic heterocycles. The van der Waals surface area contributed by atoms with Crippen molar-refractivity contribution in [1.29, 1.82) is 0 Å². The third-order valence-electron chi connectivity index (χ3n) is 5.15. The first kappa shape index (κ1) is 17.6. The second-order valence-electron chi connectivity index (χ2n) is 6.65. The van der Waals surface area contributed by atoms with E-state index in [-0.39, 0.29) is 18.4 Å². The summed E-state index contributed by atoms with van der Waals surface area (Å²) in [5, 5.41) is 3.44. The molecule has 2 atom stereocenters. The van der Waals surface area contributed by atoms with Crippen LogP contribution in [-0.2, 0) is 4.79 Å². The van der Waals surface area contributed by atoms with Gasteiger partial charge in [-0.05, 0) is 49.8 Å². The number of halogens is 2. The standard InChI is InChI=1S/C18H22Cl2N2O2/c19-14-8-7-13(10-15(14)20)18(24)21-11-17(23)22-9-3-5-12-4-1-2-6-16(12)22/h7-8,10,12,16H,1-6,9,11H2,(H,21,24). The highest BCUT2D eigenvalue weighted by molar-refractivity contribution is 6.42. The van der Waals surface area contributed by atoms with Gasteiger partial charge in [0.1, 0.15) is 0 Å². The number of hydrogen-bond donors (Lipinski definition) is 1. The number of fused-ring (bicyclic) bond motifs is 1. The summed E-state index contributed by atoms with van der Waals surface area (Å²) in [7, 11) is 0. The molecule has 2 unspecified atom stereocenters. The molecule has 0 spiro atoms. The Morgan fingerprint density at radius 2 is 1.83 bits per heavy atom. The molecule has 2 amide bonds. The van der Waals surface area contributed by atoms with Gasteiger partial charge in [0.25, 0.3) is 5.91 Å². The Morgan fingerprint density at radius 1 is 1.08 bits per heavy atom. The van der Waals surface area contributed by atoms with Crippen LogP contribution in [0.4, 0.5) is 0 Å². The summed E-state index contributed by atoms with van der Waals surface area (Å²) in [5.41, 5.74) is 0.409. The van der Waals surface area contributed by atoms with E-state index in [9.17, 15) is 9.59 Å². The number of likely N-dealkylation sites (tertiary alicyclic amines) is 1. The van der Waals surface area contributed by atoms with Crippen LogP contribution in [0.1, 0.15) is 48.9 Å². The van der Waals surface area contributed by atoms with Crippen molar-refractivity contribution >= 4 is 35.0 Å². The Bertz CT molecular complexity index is 633. The lowest BCUT2D eigenvalue weighted by Gasteiger charge is -2.44. The van der Waals surface area contributed by atoms with Crippen molar-refractivity contribution in [2.24, 2.45) is 5.92 Å². The number of nitrogens with one attached hydrogen (secondary N) is 1. The first-order valence-corrected chi connectivity index (χ1v) is 9.34. The van der Waals surface area contributed by atoms with E-state index in [4.69, 9.17) is 23.2 Å². The molecule has 0 bridgehead atoms. The van der Waals surface area contributed by atoms with Gasteiger partial charge in [-0.2, -0.15) is 0 Å². The van der Waals surface area contributed by atoms with E-state index in [1.807, 2.05) is 4.90 Å². The number of carbonyl (C=O) groups excluding carboxylic acids is 2. The summed E-state index contributed by atoms with van der Waals surface area (Å²) in [6.07, 6.45) is 7.08. The Hall–Kier alpha value is -1.26. The fourth-order valence-corrected chi connectivity index (χ4v) is 4.23. The maximum Gasteiger partial charge on any atom is 0.251 e. The van der Waals surface area contributed by atoms with E-state index in [1.54, 1.807) is 12.1 Å². The maximum atomic E-state index is 12.6. The van der Waals surface area contributed by atoms with Gasteiger partial charge in [-0.15, -0.1) is 0 Å². The van der Waals surface area contributed by atoms with Crippen LogP contribution in [0.25, 0.3) is 0 Å². The smallest absolute Gasteiger partial charge is 0.251 e. The van der Waals surface area contributed by atoms with Gasteiger partial charge in [-0.25, -0.2) is 0 Å². The number of nitrogens with zero attached hydrogens (tertiary/aromatic N) is 1. The van der Waals surface area contributed by atoms with Gasteiger partial charge in [0.15, 0.2) is 0 Å². The van der Waals surface area contributed by atoms with Crippen LogP contribution in [0.2, 0.25) is 10.0 Å². The predicted molar refractivity (Wildman–Crippen MR) is 95.5 cm³/mol. The first-order chi connectivity index (χ1) is 11.6. The summed E-state index contributed by atoms with van der Waals surface area (Å²) in [4.78, 5) is 26.8. The van der Waals surface area contributed by atoms with Crippen LogP contribution in [0.3, 0.4) is 0 Å². The molecular formula is C18H22Cl2N2O2. The van der Waals surface area contributed by atoms with Crippen LogP contribution in [0, 0.1) is 5.92 Å². The molecule has 1 aromatic rings. The number of carbonyl (C=O) groups is 2. The molecule has 4 nitrogen and oxygen atoms in total. The summed E-state index contributed by atoms with van der Waals surface area (Å²) in [6.45, 7) is 0.838. The molecule has 1 aliphatic carbocycles. The highest BCUT2D eigenvalue weighted by atomic mass is 35.5. The summed E-state index contributed by atoms with van der Waals surface area (Å²) >= 11 is 11.8. The van der Waals surface area contributed by atoms with Crippen molar-refractivity contribution < 1.29 is 9.59 Å². The lowest BCUT2D eigenvalue weighted by atomic mass is 9.78. The highest BCUT2D eigenvalue weighted by Gasteiger charge is 2.35. The molecule has 0 radical (unpaired) electrons. The molecular weight excluding hydrogens is 347 g/mol. The van der Waals surface area contributed by atoms with E-state index in [0.717, 1.165) is 19.4 Å². The lowest BCUT2D eigenvalue weighted by Crippen LogP contribution is -2.52. The fourth-order valence-electron chi connectivity index (χ4n) is 3.93. The van der Waals surface area contributed by atoms with Gasteiger partial charge >= 0.3 is 0 Å². The number of amides is 2. The molecule has 1 saturated carbocycles. The molecule has 1 heterocycles. The van der Waals surface area contributed by atoms with Gasteiger partial charge in [0.05, 0.1) is 16.6 Å². The molecule has 24 heavy (non-hydrogen) atoms. The zero-order chi connectivity index (χ0) is 17.1. The Balaban J connectivity index is 1.58. The van der Waals surface area contributed by atoms with E-state index in [0.29, 0.717) is 27.6 Å². The third kappa shape index (κ3) is 3.86. The van der Waals surface area contributed by atoms with Crippen molar-refractivity contribution in [2.45, 2.75) is 44.6 Å². The minimum Gasteiger partial charge on any atom is -0.343 e. The first-order valence-electron chi connectivity index (χ1n) is 8.59. The third-order valence-corrected chi connectivity index (χ3v) is 5.88. The van der Waals surface area contributed by atoms with Crippen molar-refractivity contribution in [2.75, 3.05) is 13.1 Å². The molecule has 3 rings (SSSR count). The predicted octanol–water partition coefficient (Wildman–Crippen LogP) is 3.90. The summed E-state index contributed by atoms with van der Waals surface area (Å²) in [5.74, 6) is 0.348. The zero-order valence-electron chi connectivity index (χ0n) is 13.6. The minimum absolute atomic E-state index is 0.0139. The maximum absolute atomic E-state index is 12.6. The van der Waals surface area contributed by atoms with Crippen molar-refractivity contribution in [3.63, 3.8) is 0 Å². The zero-order valence-corrected chi connectivity index (χ0v) is 15.1. The largest absolute Gasteiger partial charge is 0.343 e. The average Bonchev–Trinajstić information content (AvgIpc) is 2.61. The topological polar surface area (TPSA) is 49.4 Å². The SMILES string of the molecule is O=C(NCC(=O)N1CCCC2CCCCC21)c1ccc(Cl)c(Cl)c1. The Morgan fingerprint density at radius 3 is 2.62 bits per heavy atom. The second-order valence-corrected chi connectivity index (χ2v) is 7.47. The van der Waals surface area contributed by atoms with E-state index in [1.165, 1.54) is 31.7 Å². The molecule has 0 aromatic heterocycles. The number of benzene rings is 1. The molecule has 2 fully saturated rings. The van der Waals surface area contributed by atoms with Crippen LogP contribution in [-0.4, -0.2) is 35.8 Å². The molecule has 130 valence electrons. The summed E-state index contributed by atoms with van der Waals surface area (Å²) < 4.78 is 0. The molecule has 1 N–H and O–H groups in total. The Kier molecular flexibility index (Phi) is 5.67. The van der Waals surface area contributed by atoms with Crippen molar-refractivity contribution in [3.05, 3.63) is 33.8 Å². The van der Waals surface area contributed by atoms with Gasteiger partial charge in [0.2, 0.25) is 5.91 Å². The van der Waals surface area contributed by atoms with Crippen LogP contribution >= 0.6 is 23.2 Å². The van der Waals surface area contributed by atoms with Crippen LogP contribution in [0.15, 0.2) is 18.2 Å². The summed E-state index contributed by atoms with van der Waals surface area (Å²) in [6, 6.07) is 5.06. The number of rotatable bonds is 3. The van der Waals surface area contributed by atoms with E-state index in [2.05, 4.69) is 5.32 Å². The van der Waals surface area contributed by atoms with Gasteiger partial charge in [-0.1, -0.05) is 36.0 Å². The van der Waals surface area contributed by atoms with Gasteiger partial charge in [0, 0.05) is 18.2 Å². The van der Waals surface area contributed by atoms with E-state index >= 15 is 0 Å². The van der Waals surface area contributed by atoms with Crippen molar-refractivity contribution in [1.82, 2.24) is 10.2 Å². The lowest BCUT2D eigenvalue weighted by molar-refractivity contribution is -0.136. The number of piperidine rings is 1. The monoisotopic (exact) mass is 368 g/mol. The van der Waals surface area contributed by atoms with E-state index < -0.39 is 0 Å². The Labute approximate surface area is 152 Å². The molecule has 6 heteroatoms. The average molecular weight is 369 g/mol.